The normalized spacial score (nSPS) is 11.3. The van der Waals surface area contributed by atoms with Crippen LogP contribution in [0.4, 0.5) is 5.69 Å². The van der Waals surface area contributed by atoms with Crippen LogP contribution in [0.3, 0.4) is 0 Å². The first-order chi connectivity index (χ1) is 10.0. The Hall–Kier alpha value is -2.11. The molecule has 6 heteroatoms. The molecule has 0 aliphatic rings. The largest absolute Gasteiger partial charge is 0.297 e. The monoisotopic (exact) mass is 317 g/mol. The smallest absolute Gasteiger partial charge is 0.282 e. The van der Waals surface area contributed by atoms with Gasteiger partial charge in [-0.3, -0.25) is 4.55 Å². The van der Waals surface area contributed by atoms with E-state index >= 15 is 0 Å². The van der Waals surface area contributed by atoms with Crippen LogP contribution in [-0.4, -0.2) is 18.1 Å². The molecule has 0 aliphatic carbocycles. The van der Waals surface area contributed by atoms with Gasteiger partial charge in [-0.2, -0.15) is 13.4 Å². The minimum atomic E-state index is -4.42. The molecule has 0 heterocycles. The molecule has 0 radical (unpaired) electrons. The van der Waals surface area contributed by atoms with Gasteiger partial charge in [0.25, 0.3) is 10.1 Å². The maximum atomic E-state index is 11.6. The van der Waals surface area contributed by atoms with E-state index in [0.29, 0.717) is 5.56 Å². The second kappa shape index (κ2) is 6.56. The molecule has 0 saturated carbocycles. The third-order valence-corrected chi connectivity index (χ3v) is 3.76. The van der Waals surface area contributed by atoms with Crippen LogP contribution in [0.2, 0.25) is 0 Å². The molecule has 106 valence electrons. The van der Waals surface area contributed by atoms with Gasteiger partial charge in [-0.15, -0.1) is 0 Å². The van der Waals surface area contributed by atoms with Crippen LogP contribution in [0.25, 0.3) is 12.2 Å². The highest BCUT2D eigenvalue weighted by Crippen LogP contribution is 2.28. The van der Waals surface area contributed by atoms with Gasteiger partial charge in [-0.05, 0) is 29.4 Å². The number of aliphatic imine (C=N–C) groups is 1. The molecule has 0 unspecified atom stereocenters. The SMILES string of the molecule is O=S(=O)(O)c1c(/C=C/c2ccccc2)cccc1N=C=S. The molecule has 0 amide bonds. The van der Waals surface area contributed by atoms with Crippen LogP contribution in [0.5, 0.6) is 0 Å². The number of isothiocyanates is 1. The van der Waals surface area contributed by atoms with Crippen molar-refractivity contribution in [2.75, 3.05) is 0 Å². The Morgan fingerprint density at radius 2 is 1.76 bits per heavy atom. The first-order valence-electron chi connectivity index (χ1n) is 5.94. The highest BCUT2D eigenvalue weighted by Gasteiger charge is 2.18. The lowest BCUT2D eigenvalue weighted by Crippen LogP contribution is -2.01. The molecule has 0 aromatic heterocycles. The minimum absolute atomic E-state index is 0.0581. The third-order valence-electron chi connectivity index (χ3n) is 2.70. The van der Waals surface area contributed by atoms with Crippen LogP contribution < -0.4 is 0 Å². The zero-order valence-electron chi connectivity index (χ0n) is 10.8. The number of nitrogens with zero attached hydrogens (tertiary/aromatic N) is 1. The summed E-state index contributed by atoms with van der Waals surface area (Å²) in [4.78, 5) is 3.40. The van der Waals surface area contributed by atoms with Gasteiger partial charge in [0.05, 0.1) is 10.8 Å². The van der Waals surface area contributed by atoms with Crippen molar-refractivity contribution < 1.29 is 13.0 Å². The molecule has 2 aromatic rings. The Balaban J connectivity index is 2.57. The Labute approximate surface area is 128 Å². The van der Waals surface area contributed by atoms with Gasteiger partial charge < -0.3 is 0 Å². The molecule has 0 atom stereocenters. The van der Waals surface area contributed by atoms with Crippen molar-refractivity contribution in [1.82, 2.24) is 0 Å². The third kappa shape index (κ3) is 3.93. The van der Waals surface area contributed by atoms with Crippen molar-refractivity contribution in [2.45, 2.75) is 4.90 Å². The van der Waals surface area contributed by atoms with Crippen molar-refractivity contribution in [3.05, 3.63) is 59.7 Å². The lowest BCUT2D eigenvalue weighted by Gasteiger charge is -2.05. The lowest BCUT2D eigenvalue weighted by atomic mass is 10.1. The second-order valence-corrected chi connectivity index (χ2v) is 5.66. The fourth-order valence-corrected chi connectivity index (χ4v) is 2.75. The Kier molecular flexibility index (Phi) is 4.77. The van der Waals surface area contributed by atoms with E-state index in [-0.39, 0.29) is 10.6 Å². The van der Waals surface area contributed by atoms with Gasteiger partial charge in [0.1, 0.15) is 4.90 Å². The summed E-state index contributed by atoms with van der Waals surface area (Å²) < 4.78 is 32.5. The molecule has 0 aliphatic heterocycles. The maximum Gasteiger partial charge on any atom is 0.297 e. The maximum absolute atomic E-state index is 11.6. The summed E-state index contributed by atoms with van der Waals surface area (Å²) in [7, 11) is -4.42. The van der Waals surface area contributed by atoms with E-state index in [2.05, 4.69) is 22.4 Å². The van der Waals surface area contributed by atoms with E-state index in [0.717, 1.165) is 5.56 Å². The summed E-state index contributed by atoms with van der Waals surface area (Å²) in [5.74, 6) is 0. The quantitative estimate of drug-likeness (QED) is 0.403. The molecule has 1 N–H and O–H groups in total. The number of hydrogen-bond donors (Lipinski definition) is 1. The van der Waals surface area contributed by atoms with Crippen molar-refractivity contribution in [1.29, 1.82) is 0 Å². The molecule has 0 bridgehead atoms. The van der Waals surface area contributed by atoms with Crippen molar-refractivity contribution in [2.24, 2.45) is 4.99 Å². The molecule has 4 nitrogen and oxygen atoms in total. The van der Waals surface area contributed by atoms with E-state index in [1.165, 1.54) is 6.07 Å². The first kappa shape index (κ1) is 15.3. The Bertz CT molecular complexity index is 821. The van der Waals surface area contributed by atoms with Crippen LogP contribution in [-0.2, 0) is 10.1 Å². The predicted molar refractivity (Wildman–Crippen MR) is 86.3 cm³/mol. The molecule has 21 heavy (non-hydrogen) atoms. The highest BCUT2D eigenvalue weighted by molar-refractivity contribution is 7.86. The molecule has 0 fully saturated rings. The van der Waals surface area contributed by atoms with E-state index < -0.39 is 10.1 Å². The van der Waals surface area contributed by atoms with Crippen LogP contribution in [0.15, 0.2) is 58.4 Å². The molecule has 2 rings (SSSR count). The van der Waals surface area contributed by atoms with Gasteiger partial charge in [0, 0.05) is 0 Å². The fraction of sp³-hybridized carbons (Fsp3) is 0. The Morgan fingerprint density at radius 3 is 2.38 bits per heavy atom. The van der Waals surface area contributed by atoms with Crippen molar-refractivity contribution in [3.63, 3.8) is 0 Å². The van der Waals surface area contributed by atoms with Gasteiger partial charge in [0.15, 0.2) is 0 Å². The molecule has 0 spiro atoms. The summed E-state index contributed by atoms with van der Waals surface area (Å²) >= 11 is 4.49. The minimum Gasteiger partial charge on any atom is -0.282 e. The van der Waals surface area contributed by atoms with Gasteiger partial charge >= 0.3 is 0 Å². The topological polar surface area (TPSA) is 66.7 Å². The zero-order chi connectivity index (χ0) is 15.3. The molecule has 2 aromatic carbocycles. The Morgan fingerprint density at radius 1 is 1.05 bits per heavy atom. The number of thiocarbonyl (C=S) groups is 1. The number of rotatable bonds is 4. The fourth-order valence-electron chi connectivity index (χ4n) is 1.84. The van der Waals surface area contributed by atoms with Gasteiger partial charge in [-0.25, -0.2) is 0 Å². The number of benzene rings is 2. The summed E-state index contributed by atoms with van der Waals surface area (Å²) in [5, 5.41) is 2.11. The van der Waals surface area contributed by atoms with Crippen molar-refractivity contribution >= 4 is 45.3 Å². The second-order valence-electron chi connectivity index (χ2n) is 4.12. The molecular formula is C15H11NO3S2. The number of hydrogen-bond acceptors (Lipinski definition) is 4. The molecule has 0 saturated heterocycles. The van der Waals surface area contributed by atoms with Gasteiger partial charge in [-0.1, -0.05) is 54.6 Å². The highest BCUT2D eigenvalue weighted by atomic mass is 32.2. The summed E-state index contributed by atoms with van der Waals surface area (Å²) in [6.45, 7) is 0. The predicted octanol–water partition coefficient (Wildman–Crippen LogP) is 3.84. The summed E-state index contributed by atoms with van der Waals surface area (Å²) in [6.07, 6.45) is 3.34. The van der Waals surface area contributed by atoms with E-state index in [4.69, 9.17) is 0 Å². The van der Waals surface area contributed by atoms with Crippen LogP contribution in [0, 0.1) is 0 Å². The average molecular weight is 317 g/mol. The van der Waals surface area contributed by atoms with E-state index in [1.807, 2.05) is 30.3 Å². The summed E-state index contributed by atoms with van der Waals surface area (Å²) in [5.41, 5.74) is 1.29. The molecular weight excluding hydrogens is 306 g/mol. The zero-order valence-corrected chi connectivity index (χ0v) is 12.4. The first-order valence-corrected chi connectivity index (χ1v) is 7.79. The lowest BCUT2D eigenvalue weighted by molar-refractivity contribution is 0.483. The van der Waals surface area contributed by atoms with E-state index in [1.54, 1.807) is 24.3 Å². The summed E-state index contributed by atoms with van der Waals surface area (Å²) in [6, 6.07) is 14.0. The van der Waals surface area contributed by atoms with Crippen molar-refractivity contribution in [3.8, 4) is 0 Å². The van der Waals surface area contributed by atoms with Crippen LogP contribution >= 0.6 is 12.2 Å². The van der Waals surface area contributed by atoms with E-state index in [9.17, 15) is 13.0 Å². The van der Waals surface area contributed by atoms with Gasteiger partial charge in [0.2, 0.25) is 0 Å². The standard InChI is InChI=1S/C15H11NO3S2/c17-21(18,19)15-13(7-4-8-14(15)16-11-20)10-9-12-5-2-1-3-6-12/h1-10H,(H,17,18,19)/b10-9+. The average Bonchev–Trinajstić information content (AvgIpc) is 2.45. The van der Waals surface area contributed by atoms with Crippen LogP contribution in [0.1, 0.15) is 11.1 Å².